The smallest absolute Gasteiger partial charge is 0.301 e. The van der Waals surface area contributed by atoms with E-state index < -0.39 is 17.7 Å². The van der Waals surface area contributed by atoms with Crippen LogP contribution >= 0.6 is 27.3 Å². The first kappa shape index (κ1) is 19.8. The van der Waals surface area contributed by atoms with Crippen molar-refractivity contribution in [1.29, 1.82) is 0 Å². The van der Waals surface area contributed by atoms with Crippen LogP contribution in [0.2, 0.25) is 0 Å². The van der Waals surface area contributed by atoms with Crippen molar-refractivity contribution in [2.24, 2.45) is 0 Å². The number of carbonyl (C=O) groups is 2. The van der Waals surface area contributed by atoms with Gasteiger partial charge in [-0.2, -0.15) is 0 Å². The van der Waals surface area contributed by atoms with Crippen molar-refractivity contribution in [2.75, 3.05) is 18.1 Å². The summed E-state index contributed by atoms with van der Waals surface area (Å²) in [5.41, 5.74) is 1.04. The van der Waals surface area contributed by atoms with Crippen LogP contribution in [-0.2, 0) is 9.59 Å². The number of halogens is 1. The molecule has 0 bridgehead atoms. The second kappa shape index (κ2) is 7.82. The zero-order valence-electron chi connectivity index (χ0n) is 15.9. The lowest BCUT2D eigenvalue weighted by Crippen LogP contribution is -2.29. The number of aromatic nitrogens is 1. The average Bonchev–Trinajstić information content (AvgIpc) is 3.40. The fourth-order valence-corrected chi connectivity index (χ4v) is 4.60. The molecule has 3 heterocycles. The van der Waals surface area contributed by atoms with Crippen LogP contribution in [0.1, 0.15) is 17.2 Å². The van der Waals surface area contributed by atoms with Crippen LogP contribution in [-0.4, -0.2) is 35.0 Å². The van der Waals surface area contributed by atoms with Gasteiger partial charge < -0.3 is 14.6 Å². The molecule has 1 amide bonds. The van der Waals surface area contributed by atoms with Gasteiger partial charge in [0.15, 0.2) is 16.6 Å². The summed E-state index contributed by atoms with van der Waals surface area (Å²) in [6.45, 7) is 0.839. The van der Waals surface area contributed by atoms with E-state index in [1.54, 1.807) is 41.9 Å². The molecule has 9 heteroatoms. The number of aliphatic hydroxyl groups excluding tert-OH is 1. The second-order valence-corrected chi connectivity index (χ2v) is 8.68. The number of Topliss-reactive ketones (excluding diaryl/α,β-unsaturated/α-hetero) is 1. The number of rotatable bonds is 3. The highest BCUT2D eigenvalue weighted by atomic mass is 79.9. The largest absolute Gasteiger partial charge is 0.507 e. The Morgan fingerprint density at radius 2 is 1.84 bits per heavy atom. The number of benzene rings is 2. The molecule has 156 valence electrons. The van der Waals surface area contributed by atoms with Crippen LogP contribution in [0.5, 0.6) is 11.5 Å². The molecule has 7 nitrogen and oxygen atoms in total. The first-order chi connectivity index (χ1) is 15.0. The highest BCUT2D eigenvalue weighted by Crippen LogP contribution is 2.43. The summed E-state index contributed by atoms with van der Waals surface area (Å²) in [5.74, 6) is -0.736. The highest BCUT2D eigenvalue weighted by molar-refractivity contribution is 9.10. The molecule has 0 radical (unpaired) electrons. The van der Waals surface area contributed by atoms with Crippen LogP contribution < -0.4 is 14.4 Å². The van der Waals surface area contributed by atoms with Crippen molar-refractivity contribution >= 4 is 49.8 Å². The van der Waals surface area contributed by atoms with Gasteiger partial charge in [-0.15, -0.1) is 11.3 Å². The summed E-state index contributed by atoms with van der Waals surface area (Å²) in [7, 11) is 0. The number of nitrogens with zero attached hydrogens (tertiary/aromatic N) is 2. The van der Waals surface area contributed by atoms with Crippen LogP contribution in [0.15, 0.2) is 64.1 Å². The van der Waals surface area contributed by atoms with Gasteiger partial charge in [0, 0.05) is 21.6 Å². The van der Waals surface area contributed by atoms with Gasteiger partial charge in [-0.05, 0) is 35.9 Å². The number of amides is 1. The molecule has 1 N–H and O–H groups in total. The number of anilines is 1. The van der Waals surface area contributed by atoms with E-state index >= 15 is 0 Å². The van der Waals surface area contributed by atoms with Crippen molar-refractivity contribution in [3.63, 3.8) is 0 Å². The topological polar surface area (TPSA) is 89.0 Å². The quantitative estimate of drug-likeness (QED) is 0.329. The Morgan fingerprint density at radius 3 is 2.55 bits per heavy atom. The van der Waals surface area contributed by atoms with Crippen LogP contribution in [0.3, 0.4) is 0 Å². The number of hydrogen-bond donors (Lipinski definition) is 1. The molecular formula is C22H15BrN2O5S. The fourth-order valence-electron chi connectivity index (χ4n) is 3.67. The molecule has 0 spiro atoms. The summed E-state index contributed by atoms with van der Waals surface area (Å²) in [4.78, 5) is 31.6. The van der Waals surface area contributed by atoms with Crippen LogP contribution in [0.25, 0.3) is 5.76 Å². The first-order valence-electron chi connectivity index (χ1n) is 9.40. The molecule has 2 aliphatic heterocycles. The van der Waals surface area contributed by atoms with Crippen molar-refractivity contribution < 1.29 is 24.2 Å². The van der Waals surface area contributed by atoms with Gasteiger partial charge >= 0.3 is 5.91 Å². The van der Waals surface area contributed by atoms with Gasteiger partial charge in [0.05, 0.1) is 11.6 Å². The minimum atomic E-state index is -0.813. The van der Waals surface area contributed by atoms with Gasteiger partial charge in [-0.1, -0.05) is 28.1 Å². The van der Waals surface area contributed by atoms with Gasteiger partial charge in [0.25, 0.3) is 5.78 Å². The third kappa shape index (κ3) is 3.39. The van der Waals surface area contributed by atoms with E-state index in [0.717, 1.165) is 4.47 Å². The van der Waals surface area contributed by atoms with E-state index in [4.69, 9.17) is 9.47 Å². The lowest BCUT2D eigenvalue weighted by molar-refractivity contribution is -0.132. The molecule has 2 aliphatic rings. The van der Waals surface area contributed by atoms with E-state index in [1.165, 1.54) is 16.2 Å². The maximum atomic E-state index is 13.1. The minimum absolute atomic E-state index is 0.000741. The van der Waals surface area contributed by atoms with Crippen LogP contribution in [0, 0.1) is 0 Å². The zero-order chi connectivity index (χ0) is 21.5. The van der Waals surface area contributed by atoms with Gasteiger partial charge in [-0.3, -0.25) is 14.5 Å². The lowest BCUT2D eigenvalue weighted by Gasteiger charge is -2.23. The van der Waals surface area contributed by atoms with E-state index in [2.05, 4.69) is 20.9 Å². The fraction of sp³-hybridized carbons (Fsp3) is 0.136. The number of hydrogen-bond acceptors (Lipinski definition) is 7. The predicted molar refractivity (Wildman–Crippen MR) is 118 cm³/mol. The molecule has 31 heavy (non-hydrogen) atoms. The standard InChI is InChI=1S/C22H15BrN2O5S/c23-14-4-1-12(2-5-14)18-17(20(27)21(28)25(18)22-24-7-10-31-22)19(26)13-3-6-15-16(11-13)30-9-8-29-15/h1-7,10-11,18,26H,8-9H2/b19-17-. The summed E-state index contributed by atoms with van der Waals surface area (Å²) >= 11 is 4.65. The molecule has 0 aliphatic carbocycles. The number of ketones is 1. The van der Waals surface area contributed by atoms with E-state index in [1.807, 2.05) is 12.1 Å². The van der Waals surface area contributed by atoms with E-state index in [0.29, 0.717) is 41.0 Å². The lowest BCUT2D eigenvalue weighted by atomic mass is 9.95. The number of fused-ring (bicyclic) bond motifs is 1. The highest BCUT2D eigenvalue weighted by Gasteiger charge is 2.48. The molecule has 0 saturated carbocycles. The Balaban J connectivity index is 1.68. The third-order valence-electron chi connectivity index (χ3n) is 5.07. The second-order valence-electron chi connectivity index (χ2n) is 6.89. The van der Waals surface area contributed by atoms with Gasteiger partial charge in [0.2, 0.25) is 0 Å². The molecule has 5 rings (SSSR count). The van der Waals surface area contributed by atoms with Crippen LogP contribution in [0.4, 0.5) is 5.13 Å². The van der Waals surface area contributed by atoms with Crippen molar-refractivity contribution in [1.82, 2.24) is 4.98 Å². The molecule has 1 unspecified atom stereocenters. The van der Waals surface area contributed by atoms with Gasteiger partial charge in [0.1, 0.15) is 19.0 Å². The van der Waals surface area contributed by atoms with Crippen molar-refractivity contribution in [3.8, 4) is 11.5 Å². The Labute approximate surface area is 189 Å². The summed E-state index contributed by atoms with van der Waals surface area (Å²) in [6, 6.07) is 11.4. The zero-order valence-corrected chi connectivity index (χ0v) is 18.4. The minimum Gasteiger partial charge on any atom is -0.507 e. The third-order valence-corrected chi connectivity index (χ3v) is 6.37. The van der Waals surface area contributed by atoms with Crippen molar-refractivity contribution in [3.05, 3.63) is 75.2 Å². The molecular weight excluding hydrogens is 484 g/mol. The Kier molecular flexibility index (Phi) is 4.99. The maximum Gasteiger partial charge on any atom is 0.301 e. The number of carbonyl (C=O) groups excluding carboxylic acids is 2. The number of aliphatic hydroxyl groups is 1. The van der Waals surface area contributed by atoms with Gasteiger partial charge in [-0.25, -0.2) is 4.98 Å². The monoisotopic (exact) mass is 498 g/mol. The molecule has 1 saturated heterocycles. The molecule has 1 aromatic heterocycles. The first-order valence-corrected chi connectivity index (χ1v) is 11.1. The van der Waals surface area contributed by atoms with E-state index in [-0.39, 0.29) is 11.3 Å². The maximum absolute atomic E-state index is 13.1. The Morgan fingerprint density at radius 1 is 1.10 bits per heavy atom. The summed E-state index contributed by atoms with van der Waals surface area (Å²) < 4.78 is 12.0. The molecule has 3 aromatic rings. The number of ether oxygens (including phenoxy) is 2. The van der Waals surface area contributed by atoms with E-state index in [9.17, 15) is 14.7 Å². The normalized spacial score (nSPS) is 19.6. The Bertz CT molecular complexity index is 1210. The molecule has 1 fully saturated rings. The summed E-state index contributed by atoms with van der Waals surface area (Å²) in [5, 5.41) is 13.3. The summed E-state index contributed by atoms with van der Waals surface area (Å²) in [6.07, 6.45) is 1.57. The Hall–Kier alpha value is -3.17. The SMILES string of the molecule is O=C1C(=O)N(c2nccs2)C(c2ccc(Br)cc2)/C1=C(/O)c1ccc2c(c1)OCCO2. The predicted octanol–water partition coefficient (Wildman–Crippen LogP) is 4.30. The average molecular weight is 499 g/mol. The molecule has 1 atom stereocenters. The number of thiazole rings is 1. The van der Waals surface area contributed by atoms with Crippen molar-refractivity contribution in [2.45, 2.75) is 6.04 Å². The molecule has 2 aromatic carbocycles.